The molecule has 1 atom stereocenters. The van der Waals surface area contributed by atoms with Gasteiger partial charge in [0.25, 0.3) is 5.91 Å². The van der Waals surface area contributed by atoms with Crippen LogP contribution in [0.15, 0.2) is 42.5 Å². The Morgan fingerprint density at radius 2 is 2.10 bits per heavy atom. The van der Waals surface area contributed by atoms with Crippen LogP contribution < -0.4 is 5.32 Å². The van der Waals surface area contributed by atoms with E-state index in [-0.39, 0.29) is 5.91 Å². The molecule has 0 saturated carbocycles. The molecule has 3 rings (SSSR count). The van der Waals surface area contributed by atoms with Crippen molar-refractivity contribution in [1.82, 2.24) is 5.32 Å². The van der Waals surface area contributed by atoms with Crippen LogP contribution in [0.4, 0.5) is 0 Å². The Bertz CT molecular complexity index is 671. The van der Waals surface area contributed by atoms with E-state index in [9.17, 15) is 4.79 Å². The molecular weight excluding hydrogens is 385 g/mol. The fourth-order valence-corrected chi connectivity index (χ4v) is 3.02. The molecule has 0 radical (unpaired) electrons. The van der Waals surface area contributed by atoms with Crippen molar-refractivity contribution in [3.63, 3.8) is 0 Å². The number of carbonyl (C=O) groups excluding carboxylic acids is 1. The van der Waals surface area contributed by atoms with E-state index in [1.165, 1.54) is 11.1 Å². The Morgan fingerprint density at radius 3 is 2.85 bits per heavy atom. The van der Waals surface area contributed by atoms with E-state index < -0.39 is 0 Å². The molecule has 0 aromatic heterocycles. The number of fused-ring (bicyclic) bond motifs is 1. The molecular formula is C16H13ClINO. The molecule has 0 fully saturated rings. The highest BCUT2D eigenvalue weighted by Crippen LogP contribution is 2.34. The molecule has 1 amide bonds. The molecule has 20 heavy (non-hydrogen) atoms. The largest absolute Gasteiger partial charge is 0.351 e. The van der Waals surface area contributed by atoms with Crippen molar-refractivity contribution in [2.45, 2.75) is 12.3 Å². The first kappa shape index (κ1) is 13.9. The Labute approximate surface area is 136 Å². The molecule has 1 N–H and O–H groups in total. The maximum atomic E-state index is 12.1. The average Bonchev–Trinajstić information content (AvgIpc) is 2.42. The average molecular weight is 398 g/mol. The van der Waals surface area contributed by atoms with E-state index in [0.717, 1.165) is 9.99 Å². The number of halogens is 2. The number of hydrogen-bond acceptors (Lipinski definition) is 1. The molecule has 0 spiro atoms. The van der Waals surface area contributed by atoms with E-state index in [4.69, 9.17) is 11.6 Å². The van der Waals surface area contributed by atoms with Gasteiger partial charge in [0.15, 0.2) is 0 Å². The number of carbonyl (C=O) groups is 1. The smallest absolute Gasteiger partial charge is 0.251 e. The fraction of sp³-hybridized carbons (Fsp3) is 0.188. The van der Waals surface area contributed by atoms with Crippen LogP contribution in [0, 0.1) is 3.57 Å². The minimum atomic E-state index is -0.0623. The third-order valence-corrected chi connectivity index (χ3v) is 5.22. The summed E-state index contributed by atoms with van der Waals surface area (Å²) in [6.07, 6.45) is 1.05. The molecule has 0 heterocycles. The predicted molar refractivity (Wildman–Crippen MR) is 89.4 cm³/mol. The van der Waals surface area contributed by atoms with Crippen LogP contribution in [-0.4, -0.2) is 12.5 Å². The predicted octanol–water partition coefficient (Wildman–Crippen LogP) is 4.01. The molecule has 0 aliphatic heterocycles. The van der Waals surface area contributed by atoms with Gasteiger partial charge in [-0.25, -0.2) is 0 Å². The Balaban J connectivity index is 1.62. The zero-order chi connectivity index (χ0) is 14.1. The summed E-state index contributed by atoms with van der Waals surface area (Å²) in [4.78, 5) is 12.1. The zero-order valence-corrected chi connectivity index (χ0v) is 13.6. The molecule has 1 unspecified atom stereocenters. The summed E-state index contributed by atoms with van der Waals surface area (Å²) in [7, 11) is 0. The standard InChI is InChI=1S/C16H13ClINO/c17-14-8-11(5-6-15(14)18)16(20)19-9-12-7-10-3-1-2-4-13(10)12/h1-6,8,12H,7,9H2,(H,19,20). The van der Waals surface area contributed by atoms with Gasteiger partial charge in [-0.2, -0.15) is 0 Å². The van der Waals surface area contributed by atoms with Crippen LogP contribution in [0.2, 0.25) is 5.02 Å². The van der Waals surface area contributed by atoms with Gasteiger partial charge in [-0.1, -0.05) is 35.9 Å². The third-order valence-electron chi connectivity index (χ3n) is 3.65. The second kappa shape index (κ2) is 5.74. The summed E-state index contributed by atoms with van der Waals surface area (Å²) in [5, 5.41) is 3.61. The first-order valence-corrected chi connectivity index (χ1v) is 7.92. The first-order chi connectivity index (χ1) is 9.65. The molecule has 0 saturated heterocycles. The summed E-state index contributed by atoms with van der Waals surface area (Å²) in [5.74, 6) is 0.377. The van der Waals surface area contributed by atoms with Gasteiger partial charge in [-0.05, 0) is 58.3 Å². The van der Waals surface area contributed by atoms with Crippen molar-refractivity contribution in [2.24, 2.45) is 0 Å². The van der Waals surface area contributed by atoms with E-state index in [2.05, 4.69) is 46.1 Å². The minimum Gasteiger partial charge on any atom is -0.351 e. The van der Waals surface area contributed by atoms with Crippen LogP contribution in [-0.2, 0) is 6.42 Å². The highest BCUT2D eigenvalue weighted by Gasteiger charge is 2.25. The number of amides is 1. The number of nitrogens with one attached hydrogen (secondary N) is 1. The van der Waals surface area contributed by atoms with Gasteiger partial charge in [-0.3, -0.25) is 4.79 Å². The lowest BCUT2D eigenvalue weighted by Crippen LogP contribution is -2.33. The quantitative estimate of drug-likeness (QED) is 0.779. The van der Waals surface area contributed by atoms with Crippen LogP contribution in [0.5, 0.6) is 0 Å². The van der Waals surface area contributed by atoms with Crippen LogP contribution >= 0.6 is 34.2 Å². The van der Waals surface area contributed by atoms with Crippen molar-refractivity contribution >= 4 is 40.1 Å². The lowest BCUT2D eigenvalue weighted by Gasteiger charge is -2.30. The number of rotatable bonds is 3. The summed E-state index contributed by atoms with van der Waals surface area (Å²) < 4.78 is 0.953. The monoisotopic (exact) mass is 397 g/mol. The van der Waals surface area contributed by atoms with Crippen molar-refractivity contribution in [3.05, 3.63) is 67.7 Å². The maximum Gasteiger partial charge on any atom is 0.251 e. The third kappa shape index (κ3) is 2.69. The molecule has 2 aromatic carbocycles. The summed E-state index contributed by atoms with van der Waals surface area (Å²) in [5.41, 5.74) is 3.36. The SMILES string of the molecule is O=C(NCC1Cc2ccccc21)c1ccc(I)c(Cl)c1. The molecule has 1 aliphatic carbocycles. The van der Waals surface area contributed by atoms with E-state index in [1.807, 2.05) is 12.1 Å². The van der Waals surface area contributed by atoms with Gasteiger partial charge >= 0.3 is 0 Å². The van der Waals surface area contributed by atoms with Crippen molar-refractivity contribution in [2.75, 3.05) is 6.54 Å². The van der Waals surface area contributed by atoms with E-state index in [0.29, 0.717) is 23.0 Å². The molecule has 4 heteroatoms. The molecule has 2 aromatic rings. The van der Waals surface area contributed by atoms with Crippen molar-refractivity contribution in [1.29, 1.82) is 0 Å². The number of hydrogen-bond donors (Lipinski definition) is 1. The normalized spacial score (nSPS) is 16.2. The summed E-state index contributed by atoms with van der Waals surface area (Å²) in [6.45, 7) is 0.680. The molecule has 2 nitrogen and oxygen atoms in total. The zero-order valence-electron chi connectivity index (χ0n) is 10.7. The second-order valence-corrected chi connectivity index (χ2v) is 6.51. The van der Waals surface area contributed by atoms with Gasteiger partial charge in [-0.15, -0.1) is 0 Å². The second-order valence-electron chi connectivity index (χ2n) is 4.94. The highest BCUT2D eigenvalue weighted by atomic mass is 127. The Morgan fingerprint density at radius 1 is 1.30 bits per heavy atom. The number of benzene rings is 2. The van der Waals surface area contributed by atoms with Crippen molar-refractivity contribution in [3.8, 4) is 0 Å². The first-order valence-electron chi connectivity index (χ1n) is 6.46. The molecule has 1 aliphatic rings. The van der Waals surface area contributed by atoms with Crippen LogP contribution in [0.3, 0.4) is 0 Å². The van der Waals surface area contributed by atoms with E-state index in [1.54, 1.807) is 12.1 Å². The lowest BCUT2D eigenvalue weighted by atomic mass is 9.77. The Hall–Kier alpha value is -1.07. The highest BCUT2D eigenvalue weighted by molar-refractivity contribution is 14.1. The van der Waals surface area contributed by atoms with Gasteiger partial charge in [0.05, 0.1) is 5.02 Å². The maximum absolute atomic E-state index is 12.1. The van der Waals surface area contributed by atoms with Gasteiger partial charge in [0.1, 0.15) is 0 Å². The van der Waals surface area contributed by atoms with Crippen molar-refractivity contribution < 1.29 is 4.79 Å². The minimum absolute atomic E-state index is 0.0623. The van der Waals surface area contributed by atoms with E-state index >= 15 is 0 Å². The van der Waals surface area contributed by atoms with Gasteiger partial charge in [0, 0.05) is 21.6 Å². The van der Waals surface area contributed by atoms with Gasteiger partial charge < -0.3 is 5.32 Å². The van der Waals surface area contributed by atoms with Crippen LogP contribution in [0.1, 0.15) is 27.4 Å². The fourth-order valence-electron chi connectivity index (χ4n) is 2.50. The Kier molecular flexibility index (Phi) is 3.98. The van der Waals surface area contributed by atoms with Crippen LogP contribution in [0.25, 0.3) is 0 Å². The summed E-state index contributed by atoms with van der Waals surface area (Å²) in [6, 6.07) is 13.8. The topological polar surface area (TPSA) is 29.1 Å². The molecule has 0 bridgehead atoms. The molecule has 102 valence electrons. The van der Waals surface area contributed by atoms with Gasteiger partial charge in [0.2, 0.25) is 0 Å². The summed E-state index contributed by atoms with van der Waals surface area (Å²) >= 11 is 8.19. The lowest BCUT2D eigenvalue weighted by molar-refractivity contribution is 0.0950.